The highest BCUT2D eigenvalue weighted by Crippen LogP contribution is 2.25. The fourth-order valence-corrected chi connectivity index (χ4v) is 4.73. The van der Waals surface area contributed by atoms with Gasteiger partial charge in [-0.3, -0.25) is 0 Å². The summed E-state index contributed by atoms with van der Waals surface area (Å²) in [6.45, 7) is 0.439. The first kappa shape index (κ1) is 13.6. The molecule has 1 atom stereocenters. The van der Waals surface area contributed by atoms with Gasteiger partial charge in [-0.1, -0.05) is 30.3 Å². The second kappa shape index (κ2) is 5.18. The molecule has 0 radical (unpaired) electrons. The second-order valence-electron chi connectivity index (χ2n) is 5.09. The molecule has 1 aliphatic rings. The number of nitrogens with one attached hydrogen (secondary N) is 1. The van der Waals surface area contributed by atoms with Crippen LogP contribution in [0.2, 0.25) is 0 Å². The van der Waals surface area contributed by atoms with Crippen molar-refractivity contribution in [3.05, 3.63) is 41.3 Å². The molecule has 1 fully saturated rings. The maximum absolute atomic E-state index is 12.0. The Labute approximate surface area is 123 Å². The van der Waals surface area contributed by atoms with Gasteiger partial charge in [0.05, 0.1) is 16.7 Å². The van der Waals surface area contributed by atoms with Gasteiger partial charge in [-0.05, 0) is 30.6 Å². The summed E-state index contributed by atoms with van der Waals surface area (Å²) in [6, 6.07) is 9.87. The molecule has 0 bridgehead atoms. The van der Waals surface area contributed by atoms with Gasteiger partial charge in [0.2, 0.25) is 0 Å². The van der Waals surface area contributed by atoms with Crippen molar-refractivity contribution in [2.45, 2.75) is 24.6 Å². The molecular weight excluding hydrogens is 292 g/mol. The summed E-state index contributed by atoms with van der Waals surface area (Å²) < 4.78 is 26.5. The summed E-state index contributed by atoms with van der Waals surface area (Å²) in [5.41, 5.74) is 1.98. The molecule has 0 aliphatic carbocycles. The van der Waals surface area contributed by atoms with Crippen LogP contribution in [-0.4, -0.2) is 29.0 Å². The molecule has 1 aromatic carbocycles. The molecule has 2 heterocycles. The number of aromatic nitrogens is 2. The first-order valence-corrected chi connectivity index (χ1v) is 8.75. The normalized spacial score (nSPS) is 21.1. The van der Waals surface area contributed by atoms with Crippen molar-refractivity contribution >= 4 is 22.1 Å². The Morgan fingerprint density at radius 1 is 1.30 bits per heavy atom. The van der Waals surface area contributed by atoms with Gasteiger partial charge in [-0.15, -0.1) is 0 Å². The van der Waals surface area contributed by atoms with Crippen LogP contribution >= 0.6 is 12.2 Å². The molecule has 0 amide bonds. The summed E-state index contributed by atoms with van der Waals surface area (Å²) in [5, 5.41) is -0.313. The SMILES string of the molecule is O=S1(=O)CCCC1Cn1c(-c2ccccc2)c[nH]c1=S. The molecule has 0 saturated carbocycles. The molecule has 20 heavy (non-hydrogen) atoms. The molecule has 106 valence electrons. The topological polar surface area (TPSA) is 54.9 Å². The van der Waals surface area contributed by atoms with E-state index in [1.54, 1.807) is 0 Å². The van der Waals surface area contributed by atoms with Gasteiger partial charge in [0.1, 0.15) is 0 Å². The Kier molecular flexibility index (Phi) is 3.52. The molecule has 1 saturated heterocycles. The summed E-state index contributed by atoms with van der Waals surface area (Å²) in [7, 11) is -2.96. The number of benzene rings is 1. The Morgan fingerprint density at radius 3 is 2.70 bits per heavy atom. The van der Waals surface area contributed by atoms with Gasteiger partial charge < -0.3 is 9.55 Å². The van der Waals surface area contributed by atoms with E-state index in [0.29, 0.717) is 17.1 Å². The number of hydrogen-bond donors (Lipinski definition) is 1. The van der Waals surface area contributed by atoms with Crippen LogP contribution in [0, 0.1) is 4.77 Å². The Bertz CT molecular complexity index is 760. The standard InChI is InChI=1S/C14H16N2O2S2/c17-20(18)8-4-7-12(20)10-16-13(9-15-14(16)19)11-5-2-1-3-6-11/h1-3,5-6,9,12H,4,7-8,10H2,(H,15,19). The predicted octanol–water partition coefficient (Wildman–Crippen LogP) is 2.79. The van der Waals surface area contributed by atoms with E-state index in [-0.39, 0.29) is 5.25 Å². The number of H-pyrrole nitrogens is 1. The van der Waals surface area contributed by atoms with Crippen LogP contribution in [0.25, 0.3) is 11.3 Å². The first-order valence-electron chi connectivity index (χ1n) is 6.63. The molecule has 1 aliphatic heterocycles. The van der Waals surface area contributed by atoms with Gasteiger partial charge in [0.15, 0.2) is 14.6 Å². The van der Waals surface area contributed by atoms with Crippen LogP contribution in [0.4, 0.5) is 0 Å². The highest BCUT2D eigenvalue weighted by Gasteiger charge is 2.32. The van der Waals surface area contributed by atoms with Crippen LogP contribution in [0.5, 0.6) is 0 Å². The van der Waals surface area contributed by atoms with Gasteiger partial charge in [0.25, 0.3) is 0 Å². The summed E-state index contributed by atoms with van der Waals surface area (Å²) >= 11 is 5.30. The maximum atomic E-state index is 12.0. The van der Waals surface area contributed by atoms with Gasteiger partial charge in [0, 0.05) is 12.7 Å². The van der Waals surface area contributed by atoms with E-state index in [9.17, 15) is 8.42 Å². The van der Waals surface area contributed by atoms with Crippen LogP contribution in [0.1, 0.15) is 12.8 Å². The Balaban J connectivity index is 1.99. The molecule has 2 aromatic rings. The van der Waals surface area contributed by atoms with E-state index >= 15 is 0 Å². The molecule has 1 N–H and O–H groups in total. The minimum absolute atomic E-state index is 0.302. The zero-order chi connectivity index (χ0) is 14.2. The fraction of sp³-hybridized carbons (Fsp3) is 0.357. The monoisotopic (exact) mass is 308 g/mol. The molecule has 0 spiro atoms. The summed E-state index contributed by atoms with van der Waals surface area (Å²) in [6.07, 6.45) is 3.33. The smallest absolute Gasteiger partial charge is 0.177 e. The van der Waals surface area contributed by atoms with E-state index < -0.39 is 9.84 Å². The lowest BCUT2D eigenvalue weighted by Crippen LogP contribution is -2.22. The van der Waals surface area contributed by atoms with Crippen molar-refractivity contribution in [1.82, 2.24) is 9.55 Å². The molecule has 4 nitrogen and oxygen atoms in total. The quantitative estimate of drug-likeness (QED) is 0.887. The number of aromatic amines is 1. The molecular formula is C14H16N2O2S2. The lowest BCUT2D eigenvalue weighted by Gasteiger charge is -2.13. The summed E-state index contributed by atoms with van der Waals surface area (Å²) in [5.74, 6) is 0.302. The molecule has 1 unspecified atom stereocenters. The van der Waals surface area contributed by atoms with Crippen molar-refractivity contribution in [3.63, 3.8) is 0 Å². The number of imidazole rings is 1. The van der Waals surface area contributed by atoms with E-state index in [0.717, 1.165) is 24.1 Å². The highest BCUT2D eigenvalue weighted by molar-refractivity contribution is 7.92. The third-order valence-corrected chi connectivity index (χ3v) is 6.38. The number of hydrogen-bond acceptors (Lipinski definition) is 3. The van der Waals surface area contributed by atoms with Crippen LogP contribution in [-0.2, 0) is 16.4 Å². The van der Waals surface area contributed by atoms with Gasteiger partial charge >= 0.3 is 0 Å². The average molecular weight is 308 g/mol. The van der Waals surface area contributed by atoms with Gasteiger partial charge in [-0.25, -0.2) is 8.42 Å². The first-order chi connectivity index (χ1) is 9.58. The van der Waals surface area contributed by atoms with Crippen molar-refractivity contribution in [1.29, 1.82) is 0 Å². The van der Waals surface area contributed by atoms with Crippen LogP contribution in [0.3, 0.4) is 0 Å². The largest absolute Gasteiger partial charge is 0.337 e. The Hall–Kier alpha value is -1.40. The minimum atomic E-state index is -2.96. The van der Waals surface area contributed by atoms with Crippen molar-refractivity contribution in [2.75, 3.05) is 5.75 Å². The number of rotatable bonds is 3. The Morgan fingerprint density at radius 2 is 2.05 bits per heavy atom. The maximum Gasteiger partial charge on any atom is 0.177 e. The fourth-order valence-electron chi connectivity index (χ4n) is 2.69. The van der Waals surface area contributed by atoms with E-state index in [2.05, 4.69) is 4.98 Å². The van der Waals surface area contributed by atoms with E-state index in [1.807, 2.05) is 41.1 Å². The van der Waals surface area contributed by atoms with Crippen molar-refractivity contribution in [2.24, 2.45) is 0 Å². The van der Waals surface area contributed by atoms with Crippen molar-refractivity contribution in [3.8, 4) is 11.3 Å². The third-order valence-electron chi connectivity index (χ3n) is 3.79. The zero-order valence-electron chi connectivity index (χ0n) is 11.0. The van der Waals surface area contributed by atoms with Crippen molar-refractivity contribution < 1.29 is 8.42 Å². The van der Waals surface area contributed by atoms with E-state index in [4.69, 9.17) is 12.2 Å². The predicted molar refractivity (Wildman–Crippen MR) is 81.9 cm³/mol. The number of nitrogens with zero attached hydrogens (tertiary/aromatic N) is 1. The van der Waals surface area contributed by atoms with E-state index in [1.165, 1.54) is 0 Å². The molecule has 3 rings (SSSR count). The lowest BCUT2D eigenvalue weighted by atomic mass is 10.1. The van der Waals surface area contributed by atoms with Crippen LogP contribution < -0.4 is 0 Å². The minimum Gasteiger partial charge on any atom is -0.337 e. The third kappa shape index (κ3) is 2.45. The highest BCUT2D eigenvalue weighted by atomic mass is 32.2. The van der Waals surface area contributed by atoms with Gasteiger partial charge in [-0.2, -0.15) is 0 Å². The second-order valence-corrected chi connectivity index (χ2v) is 7.87. The molecule has 1 aromatic heterocycles. The number of sulfone groups is 1. The molecule has 6 heteroatoms. The summed E-state index contributed by atoms with van der Waals surface area (Å²) in [4.78, 5) is 3.02. The average Bonchev–Trinajstić information content (AvgIpc) is 2.96. The van der Waals surface area contributed by atoms with Crippen LogP contribution in [0.15, 0.2) is 36.5 Å². The lowest BCUT2D eigenvalue weighted by molar-refractivity contribution is 0.565. The zero-order valence-corrected chi connectivity index (χ0v) is 12.6.